The van der Waals surface area contributed by atoms with Crippen LogP contribution in [0.2, 0.25) is 0 Å². The van der Waals surface area contributed by atoms with E-state index in [4.69, 9.17) is 0 Å². The lowest BCUT2D eigenvalue weighted by Gasteiger charge is -2.27. The maximum atomic E-state index is 2.53. The Bertz CT molecular complexity index is 370. The molecule has 1 aromatic carbocycles. The maximum Gasteiger partial charge on any atom is 0.0237 e. The van der Waals surface area contributed by atoms with Crippen LogP contribution < -0.4 is 0 Å². The highest BCUT2D eigenvalue weighted by Crippen LogP contribution is 2.33. The third-order valence-corrected chi connectivity index (χ3v) is 4.42. The number of rotatable bonds is 4. The molecule has 1 heterocycles. The van der Waals surface area contributed by atoms with Crippen molar-refractivity contribution in [3.8, 4) is 0 Å². The summed E-state index contributed by atoms with van der Waals surface area (Å²) in [5.41, 5.74) is 2.25. The van der Waals surface area contributed by atoms with Gasteiger partial charge in [0.1, 0.15) is 0 Å². The standard InChI is InChI=1S/C15H22NP/c1-13(2)17-15-8-10-16(11-9-15)12-14-6-4-3-5-7-14/h3-8,13,17H,9-12H2,1-2H3. The minimum atomic E-state index is 0.821. The van der Waals surface area contributed by atoms with Crippen LogP contribution in [0.25, 0.3) is 0 Å². The summed E-state index contributed by atoms with van der Waals surface area (Å²) in [6.07, 6.45) is 3.72. The molecule has 0 aromatic heterocycles. The van der Waals surface area contributed by atoms with E-state index in [0.717, 1.165) is 27.3 Å². The zero-order valence-electron chi connectivity index (χ0n) is 10.8. The highest BCUT2D eigenvalue weighted by molar-refractivity contribution is 7.43. The molecule has 0 saturated carbocycles. The smallest absolute Gasteiger partial charge is 0.0237 e. The molecule has 0 spiro atoms. The highest BCUT2D eigenvalue weighted by atomic mass is 31.1. The molecule has 2 heteroatoms. The largest absolute Gasteiger partial charge is 0.295 e. The predicted molar refractivity (Wildman–Crippen MR) is 77.9 cm³/mol. The molecule has 0 amide bonds. The molecule has 1 unspecified atom stereocenters. The van der Waals surface area contributed by atoms with Gasteiger partial charge in [0.25, 0.3) is 0 Å². The van der Waals surface area contributed by atoms with E-state index in [1.165, 1.54) is 18.5 Å². The molecular formula is C15H22NP. The van der Waals surface area contributed by atoms with Gasteiger partial charge in [-0.05, 0) is 17.6 Å². The number of hydrogen-bond donors (Lipinski definition) is 0. The van der Waals surface area contributed by atoms with Gasteiger partial charge in [-0.1, -0.05) is 64.2 Å². The Morgan fingerprint density at radius 3 is 2.59 bits per heavy atom. The Morgan fingerprint density at radius 2 is 2.00 bits per heavy atom. The fourth-order valence-electron chi connectivity index (χ4n) is 2.20. The van der Waals surface area contributed by atoms with Crippen molar-refractivity contribution in [1.82, 2.24) is 4.90 Å². The van der Waals surface area contributed by atoms with Crippen molar-refractivity contribution in [2.24, 2.45) is 0 Å². The van der Waals surface area contributed by atoms with Gasteiger partial charge in [0, 0.05) is 19.6 Å². The molecule has 0 aliphatic carbocycles. The Labute approximate surface area is 107 Å². The van der Waals surface area contributed by atoms with Crippen LogP contribution in [0.5, 0.6) is 0 Å². The van der Waals surface area contributed by atoms with Gasteiger partial charge in [0.05, 0.1) is 0 Å². The van der Waals surface area contributed by atoms with Gasteiger partial charge in [-0.3, -0.25) is 4.90 Å². The normalized spacial score (nSPS) is 17.9. The van der Waals surface area contributed by atoms with Gasteiger partial charge < -0.3 is 0 Å². The molecule has 1 nitrogen and oxygen atoms in total. The minimum Gasteiger partial charge on any atom is -0.295 e. The van der Waals surface area contributed by atoms with Crippen LogP contribution in [0, 0.1) is 0 Å². The lowest BCUT2D eigenvalue weighted by Crippen LogP contribution is -2.27. The Hall–Kier alpha value is -0.650. The van der Waals surface area contributed by atoms with Crippen LogP contribution in [0.4, 0.5) is 0 Å². The van der Waals surface area contributed by atoms with E-state index in [1.807, 2.05) is 0 Å². The summed E-state index contributed by atoms with van der Waals surface area (Å²) in [5.74, 6) is 0. The molecule has 0 bridgehead atoms. The van der Waals surface area contributed by atoms with Crippen molar-refractivity contribution in [1.29, 1.82) is 0 Å². The van der Waals surface area contributed by atoms with Crippen LogP contribution in [-0.2, 0) is 6.54 Å². The van der Waals surface area contributed by atoms with E-state index in [1.54, 1.807) is 5.31 Å². The summed E-state index contributed by atoms with van der Waals surface area (Å²) in [6.45, 7) is 8.07. The first-order valence-corrected chi connectivity index (χ1v) is 7.53. The first-order valence-electron chi connectivity index (χ1n) is 6.46. The van der Waals surface area contributed by atoms with Crippen molar-refractivity contribution in [2.45, 2.75) is 32.5 Å². The van der Waals surface area contributed by atoms with Gasteiger partial charge in [0.15, 0.2) is 0 Å². The Balaban J connectivity index is 1.85. The fourth-order valence-corrected chi connectivity index (χ4v) is 3.41. The Morgan fingerprint density at radius 1 is 1.24 bits per heavy atom. The maximum absolute atomic E-state index is 2.53. The molecule has 92 valence electrons. The average Bonchev–Trinajstić information content (AvgIpc) is 2.32. The van der Waals surface area contributed by atoms with Crippen molar-refractivity contribution in [2.75, 3.05) is 13.1 Å². The van der Waals surface area contributed by atoms with E-state index < -0.39 is 0 Å². The van der Waals surface area contributed by atoms with E-state index in [9.17, 15) is 0 Å². The van der Waals surface area contributed by atoms with Gasteiger partial charge in [-0.2, -0.15) is 0 Å². The fraction of sp³-hybridized carbons (Fsp3) is 0.467. The summed E-state index contributed by atoms with van der Waals surface area (Å²) in [7, 11) is 1.03. The molecule has 0 radical (unpaired) electrons. The molecule has 0 N–H and O–H groups in total. The van der Waals surface area contributed by atoms with Crippen molar-refractivity contribution in [3.63, 3.8) is 0 Å². The molecule has 1 aromatic rings. The minimum absolute atomic E-state index is 0.821. The van der Waals surface area contributed by atoms with E-state index in [0.29, 0.717) is 0 Å². The Kier molecular flexibility index (Phi) is 4.76. The molecule has 1 aliphatic rings. The first kappa shape index (κ1) is 12.8. The summed E-state index contributed by atoms with van der Waals surface area (Å²) < 4.78 is 0. The molecule has 0 fully saturated rings. The lowest BCUT2D eigenvalue weighted by atomic mass is 10.2. The second-order valence-electron chi connectivity index (χ2n) is 5.00. The van der Waals surface area contributed by atoms with Gasteiger partial charge in [-0.15, -0.1) is 0 Å². The zero-order chi connectivity index (χ0) is 12.1. The van der Waals surface area contributed by atoms with Crippen LogP contribution in [-0.4, -0.2) is 23.6 Å². The molecule has 17 heavy (non-hydrogen) atoms. The second-order valence-corrected chi connectivity index (χ2v) is 7.08. The number of benzene rings is 1. The average molecular weight is 247 g/mol. The van der Waals surface area contributed by atoms with Crippen LogP contribution >= 0.6 is 8.58 Å². The third kappa shape index (κ3) is 4.26. The zero-order valence-corrected chi connectivity index (χ0v) is 11.8. The topological polar surface area (TPSA) is 3.24 Å². The van der Waals surface area contributed by atoms with E-state index in [-0.39, 0.29) is 0 Å². The van der Waals surface area contributed by atoms with Crippen molar-refractivity contribution >= 4 is 8.58 Å². The number of hydrogen-bond acceptors (Lipinski definition) is 1. The second kappa shape index (κ2) is 6.33. The predicted octanol–water partition coefficient (Wildman–Crippen LogP) is 3.86. The quantitative estimate of drug-likeness (QED) is 0.730. The lowest BCUT2D eigenvalue weighted by molar-refractivity contribution is 0.289. The summed E-state index contributed by atoms with van der Waals surface area (Å²) in [6, 6.07) is 10.8. The van der Waals surface area contributed by atoms with Crippen molar-refractivity contribution < 1.29 is 0 Å². The highest BCUT2D eigenvalue weighted by Gasteiger charge is 2.12. The van der Waals surface area contributed by atoms with Gasteiger partial charge >= 0.3 is 0 Å². The van der Waals surface area contributed by atoms with Gasteiger partial charge in [0.2, 0.25) is 0 Å². The first-order chi connectivity index (χ1) is 8.24. The van der Waals surface area contributed by atoms with E-state index in [2.05, 4.69) is 55.2 Å². The van der Waals surface area contributed by atoms with Crippen molar-refractivity contribution in [3.05, 3.63) is 47.3 Å². The van der Waals surface area contributed by atoms with Crippen LogP contribution in [0.15, 0.2) is 41.7 Å². The monoisotopic (exact) mass is 247 g/mol. The molecule has 1 aliphatic heterocycles. The van der Waals surface area contributed by atoms with Crippen LogP contribution in [0.3, 0.4) is 0 Å². The molecular weight excluding hydrogens is 225 g/mol. The summed E-state index contributed by atoms with van der Waals surface area (Å²) in [5, 5.41) is 1.68. The SMILES string of the molecule is CC(C)PC1=CCN(Cc2ccccc2)CC1. The van der Waals surface area contributed by atoms with Crippen LogP contribution in [0.1, 0.15) is 25.8 Å². The summed E-state index contributed by atoms with van der Waals surface area (Å²) in [4.78, 5) is 2.53. The van der Waals surface area contributed by atoms with Gasteiger partial charge in [-0.25, -0.2) is 0 Å². The number of nitrogens with zero attached hydrogens (tertiary/aromatic N) is 1. The molecule has 0 saturated heterocycles. The molecule has 1 atom stereocenters. The molecule has 2 rings (SSSR count). The summed E-state index contributed by atoms with van der Waals surface area (Å²) >= 11 is 0. The third-order valence-electron chi connectivity index (χ3n) is 3.02. The van der Waals surface area contributed by atoms with E-state index >= 15 is 0 Å².